The van der Waals surface area contributed by atoms with E-state index in [0.29, 0.717) is 17.3 Å². The Labute approximate surface area is 162 Å². The van der Waals surface area contributed by atoms with Gasteiger partial charge >= 0.3 is 0 Å². The predicted octanol–water partition coefficient (Wildman–Crippen LogP) is 3.78. The van der Waals surface area contributed by atoms with E-state index in [-0.39, 0.29) is 11.7 Å². The van der Waals surface area contributed by atoms with E-state index in [9.17, 15) is 4.79 Å². The van der Waals surface area contributed by atoms with Gasteiger partial charge in [0.05, 0.1) is 15.9 Å². The first-order valence-electron chi connectivity index (χ1n) is 8.35. The van der Waals surface area contributed by atoms with E-state index >= 15 is 0 Å². The Morgan fingerprint density at radius 2 is 2.04 bits per heavy atom. The Hall–Kier alpha value is -3.85. The molecule has 0 saturated heterocycles. The molecule has 4 aromatic heterocycles. The van der Waals surface area contributed by atoms with Gasteiger partial charge in [-0.05, 0) is 36.4 Å². The van der Waals surface area contributed by atoms with Crippen LogP contribution in [0.5, 0.6) is 0 Å². The van der Waals surface area contributed by atoms with Crippen LogP contribution in [0.1, 0.15) is 10.6 Å². The van der Waals surface area contributed by atoms with Crippen LogP contribution in [0.15, 0.2) is 71.8 Å². The lowest BCUT2D eigenvalue weighted by atomic mass is 10.3. The molecule has 136 valence electrons. The maximum atomic E-state index is 12.7. The number of fused-ring (bicyclic) bond motifs is 1. The number of para-hydroxylation sites is 1. The average Bonchev–Trinajstić information content (AvgIpc) is 3.48. The maximum Gasteiger partial charge on any atom is 0.291 e. The zero-order valence-corrected chi connectivity index (χ0v) is 15.1. The van der Waals surface area contributed by atoms with Crippen molar-refractivity contribution < 1.29 is 9.21 Å². The topological polar surface area (TPSA) is 98.7 Å². The third-order valence-electron chi connectivity index (χ3n) is 4.01. The standard InChI is InChI=1S/C19H12N6O2S/c26-18(23-13-5-3-9-21-17(13)25-11-20-10-22-25)14-7-8-15(27-14)19-24-12-4-1-2-6-16(12)28-19/h1-11H,(H,23,26). The highest BCUT2D eigenvalue weighted by Gasteiger charge is 2.17. The number of carbonyl (C=O) groups excluding carboxylic acids is 1. The summed E-state index contributed by atoms with van der Waals surface area (Å²) in [6.07, 6.45) is 4.53. The van der Waals surface area contributed by atoms with Crippen LogP contribution in [0.2, 0.25) is 0 Å². The smallest absolute Gasteiger partial charge is 0.291 e. The van der Waals surface area contributed by atoms with Gasteiger partial charge in [0.2, 0.25) is 0 Å². The normalized spacial score (nSPS) is 11.0. The molecule has 0 saturated carbocycles. The van der Waals surface area contributed by atoms with Gasteiger partial charge in [-0.15, -0.1) is 11.3 Å². The summed E-state index contributed by atoms with van der Waals surface area (Å²) in [7, 11) is 0. The number of benzene rings is 1. The molecule has 0 aliphatic rings. The molecular formula is C19H12N6O2S. The molecule has 8 nitrogen and oxygen atoms in total. The number of nitrogens with zero attached hydrogens (tertiary/aromatic N) is 5. The molecule has 0 bridgehead atoms. The molecule has 4 heterocycles. The molecule has 1 aromatic carbocycles. The number of carbonyl (C=O) groups is 1. The van der Waals surface area contributed by atoms with E-state index in [1.165, 1.54) is 28.7 Å². The van der Waals surface area contributed by atoms with Gasteiger partial charge in [0.25, 0.3) is 5.91 Å². The lowest BCUT2D eigenvalue weighted by Crippen LogP contribution is -2.14. The number of pyridine rings is 1. The van der Waals surface area contributed by atoms with Crippen LogP contribution in [0.3, 0.4) is 0 Å². The summed E-state index contributed by atoms with van der Waals surface area (Å²) in [6, 6.07) is 14.7. The maximum absolute atomic E-state index is 12.7. The zero-order valence-electron chi connectivity index (χ0n) is 14.3. The van der Waals surface area contributed by atoms with Gasteiger partial charge in [-0.3, -0.25) is 4.79 Å². The summed E-state index contributed by atoms with van der Waals surface area (Å²) < 4.78 is 8.28. The number of thiazole rings is 1. The molecule has 0 atom stereocenters. The first-order chi connectivity index (χ1) is 13.8. The summed E-state index contributed by atoms with van der Waals surface area (Å²) >= 11 is 1.52. The van der Waals surface area contributed by atoms with Gasteiger partial charge in [0, 0.05) is 6.20 Å². The number of amides is 1. The van der Waals surface area contributed by atoms with E-state index in [2.05, 4.69) is 25.4 Å². The first-order valence-corrected chi connectivity index (χ1v) is 9.17. The number of furan rings is 1. The molecular weight excluding hydrogens is 376 g/mol. The van der Waals surface area contributed by atoms with Crippen molar-refractivity contribution in [2.75, 3.05) is 5.32 Å². The van der Waals surface area contributed by atoms with E-state index < -0.39 is 0 Å². The number of aromatic nitrogens is 5. The Morgan fingerprint density at radius 1 is 1.11 bits per heavy atom. The van der Waals surface area contributed by atoms with E-state index in [1.54, 1.807) is 30.5 Å². The summed E-state index contributed by atoms with van der Waals surface area (Å²) in [4.78, 5) is 25.4. The fraction of sp³-hybridized carbons (Fsp3) is 0. The Bertz CT molecular complexity index is 1240. The molecule has 9 heteroatoms. The second kappa shape index (κ2) is 6.71. The predicted molar refractivity (Wildman–Crippen MR) is 104 cm³/mol. The average molecular weight is 388 g/mol. The molecule has 0 unspecified atom stereocenters. The van der Waals surface area contributed by atoms with E-state index in [1.807, 2.05) is 24.3 Å². The number of nitrogens with one attached hydrogen (secondary N) is 1. The number of hydrogen-bond acceptors (Lipinski definition) is 7. The summed E-state index contributed by atoms with van der Waals surface area (Å²) in [5.74, 6) is 0.810. The Morgan fingerprint density at radius 3 is 2.89 bits per heavy atom. The monoisotopic (exact) mass is 388 g/mol. The van der Waals surface area contributed by atoms with Crippen molar-refractivity contribution in [1.29, 1.82) is 0 Å². The first kappa shape index (κ1) is 16.3. The Kier molecular flexibility index (Phi) is 3.91. The number of rotatable bonds is 4. The minimum atomic E-state index is -0.387. The van der Waals surface area contributed by atoms with Crippen LogP contribution in [0.25, 0.3) is 26.8 Å². The molecule has 1 amide bonds. The third kappa shape index (κ3) is 2.93. The van der Waals surface area contributed by atoms with Crippen molar-refractivity contribution in [1.82, 2.24) is 24.7 Å². The number of hydrogen-bond donors (Lipinski definition) is 1. The summed E-state index contributed by atoms with van der Waals surface area (Å²) in [5.41, 5.74) is 1.40. The van der Waals surface area contributed by atoms with Crippen molar-refractivity contribution in [2.24, 2.45) is 0 Å². The Balaban J connectivity index is 1.42. The van der Waals surface area contributed by atoms with Crippen LogP contribution in [-0.2, 0) is 0 Å². The molecule has 1 N–H and O–H groups in total. The molecule has 0 fully saturated rings. The van der Waals surface area contributed by atoms with Gasteiger partial charge in [-0.25, -0.2) is 19.6 Å². The second-order valence-electron chi connectivity index (χ2n) is 5.82. The van der Waals surface area contributed by atoms with Crippen LogP contribution in [-0.4, -0.2) is 30.6 Å². The highest BCUT2D eigenvalue weighted by atomic mass is 32.1. The van der Waals surface area contributed by atoms with Gasteiger partial charge < -0.3 is 9.73 Å². The molecule has 5 aromatic rings. The minimum Gasteiger partial charge on any atom is -0.448 e. The lowest BCUT2D eigenvalue weighted by Gasteiger charge is -2.08. The highest BCUT2D eigenvalue weighted by molar-refractivity contribution is 7.21. The summed E-state index contributed by atoms with van der Waals surface area (Å²) in [5, 5.41) is 7.59. The fourth-order valence-corrected chi connectivity index (χ4v) is 3.66. The minimum absolute atomic E-state index is 0.183. The SMILES string of the molecule is O=C(Nc1cccnc1-n1cncn1)c1ccc(-c2nc3ccccc3s2)o1. The molecule has 0 aliphatic carbocycles. The van der Waals surface area contributed by atoms with E-state index in [4.69, 9.17) is 4.42 Å². The summed E-state index contributed by atoms with van der Waals surface area (Å²) in [6.45, 7) is 0. The van der Waals surface area contributed by atoms with Crippen molar-refractivity contribution >= 4 is 33.1 Å². The van der Waals surface area contributed by atoms with Crippen molar-refractivity contribution in [3.8, 4) is 16.6 Å². The van der Waals surface area contributed by atoms with Crippen LogP contribution in [0, 0.1) is 0 Å². The van der Waals surface area contributed by atoms with Crippen molar-refractivity contribution in [2.45, 2.75) is 0 Å². The van der Waals surface area contributed by atoms with Gasteiger partial charge in [0.1, 0.15) is 12.7 Å². The molecule has 5 rings (SSSR count). The van der Waals surface area contributed by atoms with Gasteiger partial charge in [-0.1, -0.05) is 12.1 Å². The molecule has 0 spiro atoms. The van der Waals surface area contributed by atoms with Crippen LogP contribution >= 0.6 is 11.3 Å². The molecule has 0 aliphatic heterocycles. The second-order valence-corrected chi connectivity index (χ2v) is 6.85. The van der Waals surface area contributed by atoms with Crippen molar-refractivity contribution in [3.05, 3.63) is 73.1 Å². The van der Waals surface area contributed by atoms with Gasteiger partial charge in [0.15, 0.2) is 22.3 Å². The van der Waals surface area contributed by atoms with Gasteiger partial charge in [-0.2, -0.15) is 5.10 Å². The van der Waals surface area contributed by atoms with Crippen molar-refractivity contribution in [3.63, 3.8) is 0 Å². The highest BCUT2D eigenvalue weighted by Crippen LogP contribution is 2.31. The third-order valence-corrected chi connectivity index (χ3v) is 5.06. The molecule has 28 heavy (non-hydrogen) atoms. The van der Waals surface area contributed by atoms with E-state index in [0.717, 1.165) is 15.2 Å². The zero-order chi connectivity index (χ0) is 18.9. The quantitative estimate of drug-likeness (QED) is 0.503. The van der Waals surface area contributed by atoms with Crippen LogP contribution in [0.4, 0.5) is 5.69 Å². The fourth-order valence-electron chi connectivity index (χ4n) is 2.73. The largest absolute Gasteiger partial charge is 0.448 e. The number of anilines is 1. The molecule has 0 radical (unpaired) electrons. The lowest BCUT2D eigenvalue weighted by molar-refractivity contribution is 0.0997. The van der Waals surface area contributed by atoms with Crippen LogP contribution < -0.4 is 5.32 Å².